The molecule has 7 heteroatoms. The zero-order valence-corrected chi connectivity index (χ0v) is 12.2. The SMILES string of the molecule is CCCNC(=O)C(C)Nc1cc2c(cc1N)OCC(=O)N2. The van der Waals surface area contributed by atoms with E-state index in [2.05, 4.69) is 16.0 Å². The van der Waals surface area contributed by atoms with E-state index in [9.17, 15) is 9.59 Å². The number of nitrogens with two attached hydrogens (primary N) is 1. The van der Waals surface area contributed by atoms with Gasteiger partial charge in [0.05, 0.1) is 17.1 Å². The first-order valence-electron chi connectivity index (χ1n) is 6.91. The van der Waals surface area contributed by atoms with Crippen molar-refractivity contribution < 1.29 is 14.3 Å². The van der Waals surface area contributed by atoms with E-state index in [1.165, 1.54) is 0 Å². The van der Waals surface area contributed by atoms with Gasteiger partial charge < -0.3 is 26.4 Å². The highest BCUT2D eigenvalue weighted by molar-refractivity contribution is 5.97. The third kappa shape index (κ3) is 3.56. The molecule has 2 amide bonds. The van der Waals surface area contributed by atoms with Crippen LogP contribution in [0.3, 0.4) is 0 Å². The summed E-state index contributed by atoms with van der Waals surface area (Å²) in [7, 11) is 0. The Labute approximate surface area is 123 Å². The lowest BCUT2D eigenvalue weighted by Crippen LogP contribution is -2.38. The Hall–Kier alpha value is -2.44. The van der Waals surface area contributed by atoms with Gasteiger partial charge >= 0.3 is 0 Å². The van der Waals surface area contributed by atoms with Gasteiger partial charge in [-0.25, -0.2) is 0 Å². The lowest BCUT2D eigenvalue weighted by Gasteiger charge is -2.22. The van der Waals surface area contributed by atoms with Crippen molar-refractivity contribution in [1.82, 2.24) is 5.32 Å². The molecule has 114 valence electrons. The molecule has 21 heavy (non-hydrogen) atoms. The van der Waals surface area contributed by atoms with E-state index in [0.717, 1.165) is 6.42 Å². The molecule has 0 radical (unpaired) electrons. The van der Waals surface area contributed by atoms with Gasteiger partial charge in [0.25, 0.3) is 5.91 Å². The Morgan fingerprint density at radius 2 is 2.29 bits per heavy atom. The molecule has 0 aromatic heterocycles. The quantitative estimate of drug-likeness (QED) is 0.604. The number of amides is 2. The van der Waals surface area contributed by atoms with Crippen LogP contribution in [0.5, 0.6) is 5.75 Å². The molecule has 2 rings (SSSR count). The maximum Gasteiger partial charge on any atom is 0.262 e. The molecule has 5 N–H and O–H groups in total. The molecular weight excluding hydrogens is 272 g/mol. The normalized spacial score (nSPS) is 14.5. The van der Waals surface area contributed by atoms with Crippen molar-refractivity contribution in [2.45, 2.75) is 26.3 Å². The third-order valence-corrected chi connectivity index (χ3v) is 3.10. The fraction of sp³-hybridized carbons (Fsp3) is 0.429. The van der Waals surface area contributed by atoms with Gasteiger partial charge in [-0.2, -0.15) is 0 Å². The van der Waals surface area contributed by atoms with Gasteiger partial charge in [0.15, 0.2) is 6.61 Å². The first kappa shape index (κ1) is 15.0. The number of fused-ring (bicyclic) bond motifs is 1. The number of hydrogen-bond donors (Lipinski definition) is 4. The second-order valence-electron chi connectivity index (χ2n) is 4.93. The monoisotopic (exact) mass is 292 g/mol. The minimum atomic E-state index is -0.433. The topological polar surface area (TPSA) is 105 Å². The minimum Gasteiger partial charge on any atom is -0.482 e. The summed E-state index contributed by atoms with van der Waals surface area (Å²) in [4.78, 5) is 23.2. The van der Waals surface area contributed by atoms with E-state index in [-0.39, 0.29) is 18.4 Å². The zero-order chi connectivity index (χ0) is 15.4. The van der Waals surface area contributed by atoms with Crippen molar-refractivity contribution in [2.24, 2.45) is 0 Å². The van der Waals surface area contributed by atoms with Crippen molar-refractivity contribution in [3.05, 3.63) is 12.1 Å². The fourth-order valence-corrected chi connectivity index (χ4v) is 1.97. The van der Waals surface area contributed by atoms with Crippen molar-refractivity contribution >= 4 is 28.9 Å². The predicted molar refractivity (Wildman–Crippen MR) is 81.4 cm³/mol. The zero-order valence-electron chi connectivity index (χ0n) is 12.2. The highest BCUT2D eigenvalue weighted by Gasteiger charge is 2.19. The van der Waals surface area contributed by atoms with Crippen LogP contribution in [0.1, 0.15) is 20.3 Å². The summed E-state index contributed by atoms with van der Waals surface area (Å²) in [6.07, 6.45) is 0.878. The summed E-state index contributed by atoms with van der Waals surface area (Å²) >= 11 is 0. The number of rotatable bonds is 5. The number of benzene rings is 1. The van der Waals surface area contributed by atoms with E-state index in [1.807, 2.05) is 6.92 Å². The van der Waals surface area contributed by atoms with Crippen molar-refractivity contribution in [3.8, 4) is 5.75 Å². The number of ether oxygens (including phenoxy) is 1. The van der Waals surface area contributed by atoms with E-state index in [0.29, 0.717) is 29.4 Å². The summed E-state index contributed by atoms with van der Waals surface area (Å²) in [6.45, 7) is 4.35. The molecule has 0 fully saturated rings. The molecule has 1 aliphatic heterocycles. The van der Waals surface area contributed by atoms with E-state index in [4.69, 9.17) is 10.5 Å². The van der Waals surface area contributed by atoms with Crippen LogP contribution in [0.15, 0.2) is 12.1 Å². The van der Waals surface area contributed by atoms with Gasteiger partial charge in [0.1, 0.15) is 11.8 Å². The largest absolute Gasteiger partial charge is 0.482 e. The standard InChI is InChI=1S/C14H20N4O3/c1-3-4-16-14(20)8(2)17-10-6-11-12(5-9(10)15)21-7-13(19)18-11/h5-6,8,17H,3-4,7,15H2,1-2H3,(H,16,20)(H,18,19). The highest BCUT2D eigenvalue weighted by atomic mass is 16.5. The smallest absolute Gasteiger partial charge is 0.262 e. The molecule has 0 saturated carbocycles. The lowest BCUT2D eigenvalue weighted by molar-refractivity contribution is -0.121. The predicted octanol–water partition coefficient (Wildman–Crippen LogP) is 0.926. The molecule has 0 saturated heterocycles. The van der Waals surface area contributed by atoms with E-state index >= 15 is 0 Å². The van der Waals surface area contributed by atoms with Gasteiger partial charge in [-0.1, -0.05) is 6.92 Å². The van der Waals surface area contributed by atoms with Crippen LogP contribution in [-0.4, -0.2) is 31.0 Å². The average Bonchev–Trinajstić information content (AvgIpc) is 2.45. The molecule has 0 spiro atoms. The number of anilines is 3. The van der Waals surface area contributed by atoms with Crippen molar-refractivity contribution in [2.75, 3.05) is 29.5 Å². The van der Waals surface area contributed by atoms with Crippen LogP contribution >= 0.6 is 0 Å². The summed E-state index contributed by atoms with van der Waals surface area (Å²) in [6, 6.07) is 2.87. The second kappa shape index (κ2) is 6.34. The molecular formula is C14H20N4O3. The van der Waals surface area contributed by atoms with Gasteiger partial charge in [-0.15, -0.1) is 0 Å². The Morgan fingerprint density at radius 3 is 3.00 bits per heavy atom. The third-order valence-electron chi connectivity index (χ3n) is 3.10. The molecule has 1 unspecified atom stereocenters. The fourth-order valence-electron chi connectivity index (χ4n) is 1.97. The average molecular weight is 292 g/mol. The van der Waals surface area contributed by atoms with Gasteiger partial charge in [-0.05, 0) is 19.4 Å². The Balaban J connectivity index is 2.11. The Morgan fingerprint density at radius 1 is 1.52 bits per heavy atom. The Bertz CT molecular complexity index is 559. The van der Waals surface area contributed by atoms with Crippen LogP contribution in [0.4, 0.5) is 17.1 Å². The van der Waals surface area contributed by atoms with E-state index in [1.54, 1.807) is 19.1 Å². The van der Waals surface area contributed by atoms with Crippen LogP contribution < -0.4 is 26.4 Å². The first-order valence-corrected chi connectivity index (χ1v) is 6.91. The lowest BCUT2D eigenvalue weighted by atomic mass is 10.2. The first-order chi connectivity index (χ1) is 10.0. The summed E-state index contributed by atoms with van der Waals surface area (Å²) in [5.74, 6) is 0.210. The summed E-state index contributed by atoms with van der Waals surface area (Å²) < 4.78 is 5.28. The molecule has 1 heterocycles. The van der Waals surface area contributed by atoms with Crippen LogP contribution in [0, 0.1) is 0 Å². The summed E-state index contributed by atoms with van der Waals surface area (Å²) in [5, 5.41) is 8.55. The van der Waals surface area contributed by atoms with Gasteiger partial charge in [0.2, 0.25) is 5.91 Å². The molecule has 1 aliphatic rings. The number of carbonyl (C=O) groups excluding carboxylic acids is 2. The maximum absolute atomic E-state index is 11.8. The van der Waals surface area contributed by atoms with Crippen LogP contribution in [0.25, 0.3) is 0 Å². The van der Waals surface area contributed by atoms with Crippen LogP contribution in [-0.2, 0) is 9.59 Å². The van der Waals surface area contributed by atoms with Crippen LogP contribution in [0.2, 0.25) is 0 Å². The number of nitrogens with one attached hydrogen (secondary N) is 3. The maximum atomic E-state index is 11.8. The molecule has 1 atom stereocenters. The molecule has 0 bridgehead atoms. The number of carbonyl (C=O) groups is 2. The minimum absolute atomic E-state index is 0.0188. The van der Waals surface area contributed by atoms with Gasteiger partial charge in [0, 0.05) is 12.6 Å². The molecule has 7 nitrogen and oxygen atoms in total. The molecule has 1 aromatic rings. The second-order valence-corrected chi connectivity index (χ2v) is 4.93. The molecule has 1 aromatic carbocycles. The molecule has 0 aliphatic carbocycles. The number of nitrogen functional groups attached to an aromatic ring is 1. The van der Waals surface area contributed by atoms with Crippen molar-refractivity contribution in [3.63, 3.8) is 0 Å². The Kier molecular flexibility index (Phi) is 4.52. The van der Waals surface area contributed by atoms with Gasteiger partial charge in [-0.3, -0.25) is 9.59 Å². The number of hydrogen-bond acceptors (Lipinski definition) is 5. The summed E-state index contributed by atoms with van der Waals surface area (Å²) in [5.41, 5.74) is 7.53. The van der Waals surface area contributed by atoms with E-state index < -0.39 is 6.04 Å². The highest BCUT2D eigenvalue weighted by Crippen LogP contribution is 2.35. The van der Waals surface area contributed by atoms with Crippen molar-refractivity contribution in [1.29, 1.82) is 0 Å².